The number of hydrogen-bond acceptors (Lipinski definition) is 0. The van der Waals surface area contributed by atoms with Crippen molar-refractivity contribution in [1.29, 1.82) is 0 Å². The summed E-state index contributed by atoms with van der Waals surface area (Å²) < 4.78 is 2.12. The van der Waals surface area contributed by atoms with E-state index in [0.717, 1.165) is 17.3 Å². The third-order valence-electron chi connectivity index (χ3n) is 3.03. The Balaban J connectivity index is 0.00000220. The van der Waals surface area contributed by atoms with Crippen molar-refractivity contribution in [3.63, 3.8) is 0 Å². The molecule has 2 rings (SSSR count). The average molecular weight is 395 g/mol. The Labute approximate surface area is 144 Å². The first kappa shape index (κ1) is 17.5. The molecule has 0 saturated heterocycles. The van der Waals surface area contributed by atoms with Crippen molar-refractivity contribution in [1.82, 2.24) is 4.90 Å². The summed E-state index contributed by atoms with van der Waals surface area (Å²) in [6, 6.07) is 20.8. The first-order valence-electron chi connectivity index (χ1n) is 6.73. The van der Waals surface area contributed by atoms with E-state index in [1.54, 1.807) is 0 Å². The fourth-order valence-electron chi connectivity index (χ4n) is 2.33. The van der Waals surface area contributed by atoms with Crippen LogP contribution in [0.15, 0.2) is 60.7 Å². The lowest BCUT2D eigenvalue weighted by atomic mass is 10.2. The quantitative estimate of drug-likeness (QED) is 0.307. The van der Waals surface area contributed by atoms with Crippen molar-refractivity contribution in [3.8, 4) is 0 Å². The Bertz CT molecular complexity index is 536. The van der Waals surface area contributed by atoms with Crippen LogP contribution in [0.3, 0.4) is 0 Å². The molecular formula is C17H22IN3. The maximum absolute atomic E-state index is 2.25. The van der Waals surface area contributed by atoms with Crippen LogP contribution in [0.4, 0.5) is 11.4 Å². The molecule has 0 saturated carbocycles. The van der Waals surface area contributed by atoms with Crippen LogP contribution in [0.5, 0.6) is 0 Å². The van der Waals surface area contributed by atoms with E-state index >= 15 is 0 Å². The Morgan fingerprint density at radius 1 is 0.762 bits per heavy atom. The molecule has 21 heavy (non-hydrogen) atoms. The third kappa shape index (κ3) is 4.20. The summed E-state index contributed by atoms with van der Waals surface area (Å²) in [6.45, 7) is 0. The van der Waals surface area contributed by atoms with Gasteiger partial charge in [0.25, 0.3) is 0 Å². The van der Waals surface area contributed by atoms with E-state index in [9.17, 15) is 0 Å². The van der Waals surface area contributed by atoms with Gasteiger partial charge < -0.3 is 24.0 Å². The number of rotatable bonds is 2. The molecule has 0 amide bonds. The van der Waals surface area contributed by atoms with Crippen LogP contribution in [0.25, 0.3) is 0 Å². The minimum atomic E-state index is 0. The number of guanidine groups is 1. The van der Waals surface area contributed by atoms with Crippen LogP contribution in [-0.4, -0.2) is 43.6 Å². The zero-order chi connectivity index (χ0) is 14.5. The van der Waals surface area contributed by atoms with Crippen LogP contribution in [-0.2, 0) is 0 Å². The Morgan fingerprint density at radius 3 is 1.43 bits per heavy atom. The highest BCUT2D eigenvalue weighted by Crippen LogP contribution is 2.25. The topological polar surface area (TPSA) is 9.49 Å². The molecule has 2 aromatic carbocycles. The molecule has 0 aliphatic heterocycles. The molecule has 0 atom stereocenters. The standard InChI is InChI=1S/C17H22N3.HI/c1-18(2)17(19(3)4)20(15-11-7-5-8-12-15)16-13-9-6-10-14-16;/h5-14H,1-4H3;1H/q+1;/p-1. The Hall–Kier alpha value is -1.56. The molecule has 4 heteroatoms. The second-order valence-corrected chi connectivity index (χ2v) is 5.10. The van der Waals surface area contributed by atoms with Crippen molar-refractivity contribution in [3.05, 3.63) is 60.7 Å². The average Bonchev–Trinajstić information content (AvgIpc) is 2.45. The maximum Gasteiger partial charge on any atom is 0.359 e. The van der Waals surface area contributed by atoms with Gasteiger partial charge in [-0.2, -0.15) is 4.90 Å². The molecule has 0 heterocycles. The highest BCUT2D eigenvalue weighted by atomic mass is 127. The monoisotopic (exact) mass is 395 g/mol. The lowest BCUT2D eigenvalue weighted by molar-refractivity contribution is -0.470. The van der Waals surface area contributed by atoms with Gasteiger partial charge in [0.05, 0.1) is 28.2 Å². The second kappa shape index (κ2) is 8.02. The van der Waals surface area contributed by atoms with E-state index in [0.29, 0.717) is 0 Å². The van der Waals surface area contributed by atoms with Gasteiger partial charge in [0, 0.05) is 0 Å². The summed E-state index contributed by atoms with van der Waals surface area (Å²) in [7, 11) is 8.25. The molecule has 0 aromatic heterocycles. The van der Waals surface area contributed by atoms with Crippen LogP contribution in [0.2, 0.25) is 0 Å². The number of hydrogen-bond donors (Lipinski definition) is 0. The van der Waals surface area contributed by atoms with Crippen LogP contribution in [0.1, 0.15) is 0 Å². The molecule has 0 bridgehead atoms. The van der Waals surface area contributed by atoms with Crippen LogP contribution >= 0.6 is 0 Å². The van der Waals surface area contributed by atoms with Gasteiger partial charge in [0.15, 0.2) is 0 Å². The summed E-state index contributed by atoms with van der Waals surface area (Å²) in [5.41, 5.74) is 2.30. The van der Waals surface area contributed by atoms with Gasteiger partial charge in [-0.15, -0.1) is 0 Å². The van der Waals surface area contributed by atoms with E-state index in [1.807, 2.05) is 12.1 Å². The smallest absolute Gasteiger partial charge is 0.359 e. The Kier molecular flexibility index (Phi) is 6.68. The zero-order valence-corrected chi connectivity index (χ0v) is 15.2. The highest BCUT2D eigenvalue weighted by Gasteiger charge is 2.26. The van der Waals surface area contributed by atoms with Gasteiger partial charge >= 0.3 is 5.96 Å². The number of nitrogens with zero attached hydrogens (tertiary/aromatic N) is 3. The molecule has 0 fully saturated rings. The number of para-hydroxylation sites is 2. The molecule has 0 N–H and O–H groups in total. The van der Waals surface area contributed by atoms with Gasteiger partial charge in [0.1, 0.15) is 11.4 Å². The molecular weight excluding hydrogens is 373 g/mol. The van der Waals surface area contributed by atoms with E-state index in [1.165, 1.54) is 0 Å². The molecule has 2 aromatic rings. The predicted octanol–water partition coefficient (Wildman–Crippen LogP) is 0.0184. The van der Waals surface area contributed by atoms with Gasteiger partial charge in [-0.1, -0.05) is 36.4 Å². The molecule has 3 nitrogen and oxygen atoms in total. The van der Waals surface area contributed by atoms with Crippen molar-refractivity contribution in [2.45, 2.75) is 0 Å². The fourth-order valence-corrected chi connectivity index (χ4v) is 2.33. The van der Waals surface area contributed by atoms with Gasteiger partial charge in [-0.05, 0) is 24.3 Å². The van der Waals surface area contributed by atoms with Crippen LogP contribution in [0, 0.1) is 0 Å². The summed E-state index contributed by atoms with van der Waals surface area (Å²) in [6.07, 6.45) is 0. The van der Waals surface area contributed by atoms with Gasteiger partial charge in [-0.3, -0.25) is 9.48 Å². The lowest BCUT2D eigenvalue weighted by Gasteiger charge is -2.24. The van der Waals surface area contributed by atoms with E-state index < -0.39 is 0 Å². The van der Waals surface area contributed by atoms with Gasteiger partial charge in [0.2, 0.25) is 0 Å². The second-order valence-electron chi connectivity index (χ2n) is 5.10. The number of benzene rings is 2. The highest BCUT2D eigenvalue weighted by molar-refractivity contribution is 5.99. The molecule has 0 aliphatic rings. The van der Waals surface area contributed by atoms with Gasteiger partial charge in [-0.25, -0.2) is 0 Å². The van der Waals surface area contributed by atoms with E-state index in [-0.39, 0.29) is 24.0 Å². The first-order chi connectivity index (χ1) is 9.61. The summed E-state index contributed by atoms with van der Waals surface area (Å²) in [5.74, 6) is 1.11. The van der Waals surface area contributed by atoms with Crippen molar-refractivity contribution >= 4 is 17.3 Å². The van der Waals surface area contributed by atoms with E-state index in [4.69, 9.17) is 0 Å². The van der Waals surface area contributed by atoms with Crippen molar-refractivity contribution in [2.75, 3.05) is 33.1 Å². The van der Waals surface area contributed by atoms with E-state index in [2.05, 4.69) is 91.1 Å². The van der Waals surface area contributed by atoms with Crippen molar-refractivity contribution < 1.29 is 28.6 Å². The predicted molar refractivity (Wildman–Crippen MR) is 85.8 cm³/mol. The fraction of sp³-hybridized carbons (Fsp3) is 0.235. The lowest BCUT2D eigenvalue weighted by Crippen LogP contribution is -3.00. The van der Waals surface area contributed by atoms with Crippen LogP contribution < -0.4 is 28.9 Å². The molecule has 0 unspecified atom stereocenters. The number of anilines is 2. The first-order valence-corrected chi connectivity index (χ1v) is 6.73. The number of halogens is 1. The summed E-state index contributed by atoms with van der Waals surface area (Å²) >= 11 is 0. The summed E-state index contributed by atoms with van der Waals surface area (Å²) in [4.78, 5) is 4.38. The maximum atomic E-state index is 2.25. The molecule has 112 valence electrons. The minimum Gasteiger partial charge on any atom is -1.00 e. The Morgan fingerprint density at radius 2 is 1.14 bits per heavy atom. The molecule has 0 aliphatic carbocycles. The normalized spacial score (nSPS) is 9.52. The SMILES string of the molecule is CN(C)C(N(c1ccccc1)c1ccccc1)=[N+](C)C.[I-]. The molecule has 0 spiro atoms. The molecule has 0 radical (unpaired) electrons. The zero-order valence-electron chi connectivity index (χ0n) is 13.0. The third-order valence-corrected chi connectivity index (χ3v) is 3.03. The summed E-state index contributed by atoms with van der Waals surface area (Å²) in [5, 5.41) is 0. The largest absolute Gasteiger partial charge is 1.00 e. The van der Waals surface area contributed by atoms with Crippen molar-refractivity contribution in [2.24, 2.45) is 0 Å². The minimum absolute atomic E-state index is 0.